The summed E-state index contributed by atoms with van der Waals surface area (Å²) < 4.78 is 0. The van der Waals surface area contributed by atoms with Crippen LogP contribution in [0, 0.1) is 6.92 Å². The molecule has 0 saturated heterocycles. The van der Waals surface area contributed by atoms with Crippen molar-refractivity contribution in [1.82, 2.24) is 5.32 Å². The molecule has 1 rings (SSSR count). The lowest BCUT2D eigenvalue weighted by atomic mass is 10.1. The average molecular weight is 250 g/mol. The highest BCUT2D eigenvalue weighted by Gasteiger charge is 2.10. The van der Waals surface area contributed by atoms with Crippen molar-refractivity contribution < 1.29 is 19.5 Å². The second kappa shape index (κ2) is 5.81. The van der Waals surface area contributed by atoms with Crippen molar-refractivity contribution >= 4 is 23.5 Å². The van der Waals surface area contributed by atoms with E-state index in [9.17, 15) is 14.4 Å². The van der Waals surface area contributed by atoms with Crippen molar-refractivity contribution in [2.24, 2.45) is 0 Å². The maximum Gasteiger partial charge on any atom is 0.312 e. The van der Waals surface area contributed by atoms with E-state index in [-0.39, 0.29) is 5.91 Å². The smallest absolute Gasteiger partial charge is 0.312 e. The van der Waals surface area contributed by atoms with Gasteiger partial charge in [-0.25, -0.2) is 0 Å². The predicted octanol–water partition coefficient (Wildman–Crippen LogP) is 0.768. The van der Waals surface area contributed by atoms with E-state index in [1.54, 1.807) is 25.1 Å². The number of aliphatic carboxylic acids is 1. The molecular formula is C12H14N2O4. The normalized spacial score (nSPS) is 9.67. The van der Waals surface area contributed by atoms with Gasteiger partial charge in [0.05, 0.1) is 0 Å². The number of carbonyl (C=O) groups excluding carboxylic acids is 2. The van der Waals surface area contributed by atoms with Crippen LogP contribution in [0.15, 0.2) is 18.2 Å². The molecule has 0 bridgehead atoms. The van der Waals surface area contributed by atoms with Gasteiger partial charge >= 0.3 is 5.97 Å². The van der Waals surface area contributed by atoms with Gasteiger partial charge in [0.15, 0.2) is 0 Å². The molecule has 0 heterocycles. The van der Waals surface area contributed by atoms with Crippen molar-refractivity contribution in [3.8, 4) is 0 Å². The molecule has 1 aromatic rings. The molecule has 0 radical (unpaired) electrons. The number of carbonyl (C=O) groups is 3. The Balaban J connectivity index is 2.83. The lowest BCUT2D eigenvalue weighted by Crippen LogP contribution is -2.19. The Morgan fingerprint density at radius 3 is 2.44 bits per heavy atom. The molecule has 0 atom stereocenters. The maximum atomic E-state index is 11.4. The van der Waals surface area contributed by atoms with Gasteiger partial charge in [0, 0.05) is 18.3 Å². The van der Waals surface area contributed by atoms with Gasteiger partial charge in [0.2, 0.25) is 5.91 Å². The monoisotopic (exact) mass is 250 g/mol. The van der Waals surface area contributed by atoms with Crippen LogP contribution >= 0.6 is 0 Å². The topological polar surface area (TPSA) is 95.5 Å². The molecule has 2 amide bonds. The number of benzene rings is 1. The van der Waals surface area contributed by atoms with Crippen LogP contribution in [-0.2, 0) is 9.59 Å². The fourth-order valence-electron chi connectivity index (χ4n) is 1.42. The molecule has 0 unspecified atom stereocenters. The summed E-state index contributed by atoms with van der Waals surface area (Å²) >= 11 is 0. The number of hydrogen-bond acceptors (Lipinski definition) is 3. The summed E-state index contributed by atoms with van der Waals surface area (Å²) in [6.07, 6.45) is -0.587. The van der Waals surface area contributed by atoms with Gasteiger partial charge in [0.1, 0.15) is 6.42 Å². The summed E-state index contributed by atoms with van der Waals surface area (Å²) in [5, 5.41) is 13.4. The lowest BCUT2D eigenvalue weighted by Gasteiger charge is -2.09. The van der Waals surface area contributed by atoms with Gasteiger partial charge in [-0.2, -0.15) is 0 Å². The summed E-state index contributed by atoms with van der Waals surface area (Å²) in [6, 6.07) is 4.75. The number of carboxylic acid groups (broad SMARTS) is 1. The lowest BCUT2D eigenvalue weighted by molar-refractivity contribution is -0.139. The molecule has 1 aromatic carbocycles. The summed E-state index contributed by atoms with van der Waals surface area (Å²) in [5.41, 5.74) is 1.66. The molecule has 0 aliphatic carbocycles. The van der Waals surface area contributed by atoms with E-state index in [1.807, 2.05) is 0 Å². The first-order valence-electron chi connectivity index (χ1n) is 5.28. The Morgan fingerprint density at radius 2 is 1.94 bits per heavy atom. The van der Waals surface area contributed by atoms with Gasteiger partial charge in [-0.05, 0) is 30.7 Å². The zero-order valence-corrected chi connectivity index (χ0v) is 10.1. The number of hydrogen-bond donors (Lipinski definition) is 3. The van der Waals surface area contributed by atoms with Crippen LogP contribution < -0.4 is 10.6 Å². The second-order valence-corrected chi connectivity index (χ2v) is 3.73. The van der Waals surface area contributed by atoms with E-state index < -0.39 is 18.3 Å². The van der Waals surface area contributed by atoms with Crippen molar-refractivity contribution in [1.29, 1.82) is 0 Å². The Hall–Kier alpha value is -2.37. The van der Waals surface area contributed by atoms with Gasteiger partial charge in [-0.1, -0.05) is 0 Å². The molecule has 0 aliphatic rings. The highest BCUT2D eigenvalue weighted by atomic mass is 16.4. The fraction of sp³-hybridized carbons (Fsp3) is 0.250. The van der Waals surface area contributed by atoms with Crippen molar-refractivity contribution in [3.63, 3.8) is 0 Å². The second-order valence-electron chi connectivity index (χ2n) is 3.73. The number of anilines is 1. The number of rotatable bonds is 4. The van der Waals surface area contributed by atoms with E-state index >= 15 is 0 Å². The van der Waals surface area contributed by atoms with E-state index in [0.29, 0.717) is 16.8 Å². The van der Waals surface area contributed by atoms with E-state index in [1.165, 1.54) is 7.05 Å². The first-order valence-corrected chi connectivity index (χ1v) is 5.28. The Kier molecular flexibility index (Phi) is 4.42. The molecule has 0 aromatic heterocycles. The van der Waals surface area contributed by atoms with Crippen LogP contribution in [0.2, 0.25) is 0 Å². The first-order chi connectivity index (χ1) is 8.43. The molecule has 0 fully saturated rings. The third kappa shape index (κ3) is 3.58. The van der Waals surface area contributed by atoms with Gasteiger partial charge in [-0.3, -0.25) is 14.4 Å². The molecule has 0 aliphatic heterocycles. The first kappa shape index (κ1) is 13.7. The van der Waals surface area contributed by atoms with Crippen LogP contribution in [0.1, 0.15) is 22.3 Å². The standard InChI is InChI=1S/C12H14N2O4/c1-7-5-8(12(18)13-2)3-4-9(7)14-10(15)6-11(16)17/h3-5H,6H2,1-2H3,(H,13,18)(H,14,15)(H,16,17). The maximum absolute atomic E-state index is 11.4. The zero-order chi connectivity index (χ0) is 13.7. The molecule has 0 saturated carbocycles. The molecule has 6 heteroatoms. The predicted molar refractivity (Wildman–Crippen MR) is 65.5 cm³/mol. The van der Waals surface area contributed by atoms with Gasteiger partial charge < -0.3 is 15.7 Å². The minimum Gasteiger partial charge on any atom is -0.481 e. The minimum atomic E-state index is -1.19. The Morgan fingerprint density at radius 1 is 1.28 bits per heavy atom. The number of carboxylic acids is 1. The summed E-state index contributed by atoms with van der Waals surface area (Å²) in [7, 11) is 1.53. The van der Waals surface area contributed by atoms with Crippen molar-refractivity contribution in [2.45, 2.75) is 13.3 Å². The number of amides is 2. The van der Waals surface area contributed by atoms with E-state index in [2.05, 4.69) is 10.6 Å². The van der Waals surface area contributed by atoms with E-state index in [4.69, 9.17) is 5.11 Å². The van der Waals surface area contributed by atoms with Crippen LogP contribution in [0.5, 0.6) is 0 Å². The highest BCUT2D eigenvalue weighted by molar-refractivity contribution is 6.02. The van der Waals surface area contributed by atoms with Crippen LogP contribution in [0.3, 0.4) is 0 Å². The summed E-state index contributed by atoms with van der Waals surface area (Å²) in [4.78, 5) is 33.0. The summed E-state index contributed by atoms with van der Waals surface area (Å²) in [5.74, 6) is -2.01. The van der Waals surface area contributed by atoms with Gasteiger partial charge in [0.25, 0.3) is 5.91 Å². The van der Waals surface area contributed by atoms with E-state index in [0.717, 1.165) is 0 Å². The fourth-order valence-corrected chi connectivity index (χ4v) is 1.42. The molecule has 18 heavy (non-hydrogen) atoms. The number of aryl methyl sites for hydroxylation is 1. The molecule has 3 N–H and O–H groups in total. The zero-order valence-electron chi connectivity index (χ0n) is 10.1. The van der Waals surface area contributed by atoms with Crippen molar-refractivity contribution in [2.75, 3.05) is 12.4 Å². The molecule has 0 spiro atoms. The molecule has 6 nitrogen and oxygen atoms in total. The Bertz CT molecular complexity index is 497. The Labute approximate surface area is 104 Å². The number of nitrogens with one attached hydrogen (secondary N) is 2. The minimum absolute atomic E-state index is 0.221. The SMILES string of the molecule is CNC(=O)c1ccc(NC(=O)CC(=O)O)c(C)c1. The van der Waals surface area contributed by atoms with Crippen LogP contribution in [0.25, 0.3) is 0 Å². The highest BCUT2D eigenvalue weighted by Crippen LogP contribution is 2.16. The van der Waals surface area contributed by atoms with Crippen LogP contribution in [-0.4, -0.2) is 29.9 Å². The van der Waals surface area contributed by atoms with Crippen LogP contribution in [0.4, 0.5) is 5.69 Å². The average Bonchev–Trinajstić information content (AvgIpc) is 2.29. The quantitative estimate of drug-likeness (QED) is 0.688. The molecular weight excluding hydrogens is 236 g/mol. The molecule has 96 valence electrons. The third-order valence-corrected chi connectivity index (χ3v) is 2.30. The largest absolute Gasteiger partial charge is 0.481 e. The summed E-state index contributed by atoms with van der Waals surface area (Å²) in [6.45, 7) is 1.73. The third-order valence-electron chi connectivity index (χ3n) is 2.30. The van der Waals surface area contributed by atoms with Gasteiger partial charge in [-0.15, -0.1) is 0 Å². The van der Waals surface area contributed by atoms with Crippen molar-refractivity contribution in [3.05, 3.63) is 29.3 Å².